The maximum Gasteiger partial charge on any atom is 0.195 e. The average molecular weight is 258 g/mol. The van der Waals surface area contributed by atoms with E-state index in [2.05, 4.69) is 0 Å². The lowest BCUT2D eigenvalue weighted by atomic mass is 10.2. The van der Waals surface area contributed by atoms with E-state index in [1.807, 2.05) is 54.8 Å². The summed E-state index contributed by atoms with van der Waals surface area (Å²) in [5.74, 6) is 0.857. The van der Waals surface area contributed by atoms with Gasteiger partial charge in [-0.15, -0.1) is 11.3 Å². The fourth-order valence-corrected chi connectivity index (χ4v) is 2.19. The highest BCUT2D eigenvalue weighted by Crippen LogP contribution is 2.15. The van der Waals surface area contributed by atoms with E-state index in [9.17, 15) is 4.79 Å². The Labute approximate surface area is 111 Å². The first kappa shape index (κ1) is 12.6. The molecule has 0 aliphatic heterocycles. The van der Waals surface area contributed by atoms with Gasteiger partial charge in [0.15, 0.2) is 5.78 Å². The minimum Gasteiger partial charge on any atom is -0.494 e. The molecule has 0 amide bonds. The number of carbonyl (C=O) groups is 1. The summed E-state index contributed by atoms with van der Waals surface area (Å²) in [5, 5.41) is 1.90. The van der Waals surface area contributed by atoms with Crippen LogP contribution in [0.3, 0.4) is 0 Å². The zero-order chi connectivity index (χ0) is 12.8. The molecule has 0 atom stereocenters. The molecule has 0 spiro atoms. The van der Waals surface area contributed by atoms with Gasteiger partial charge in [0.25, 0.3) is 0 Å². The highest BCUT2D eigenvalue weighted by molar-refractivity contribution is 7.12. The van der Waals surface area contributed by atoms with Crippen LogP contribution in [0.1, 0.15) is 22.2 Å². The van der Waals surface area contributed by atoms with Crippen LogP contribution in [0, 0.1) is 0 Å². The normalized spacial score (nSPS) is 10.7. The molecule has 0 unspecified atom stereocenters. The summed E-state index contributed by atoms with van der Waals surface area (Å²) in [7, 11) is 0. The lowest BCUT2D eigenvalue weighted by Gasteiger charge is -2.02. The smallest absolute Gasteiger partial charge is 0.195 e. The Bertz CT molecular complexity index is 541. The Morgan fingerprint density at radius 2 is 2.22 bits per heavy atom. The maximum atomic E-state index is 11.8. The van der Waals surface area contributed by atoms with E-state index >= 15 is 0 Å². The molecule has 0 N–H and O–H groups in total. The van der Waals surface area contributed by atoms with Gasteiger partial charge in [-0.25, -0.2) is 0 Å². The molecule has 0 fully saturated rings. The SMILES string of the molecule is CCOc1cccc(/C=C/C(=O)c2cccs2)c1. The summed E-state index contributed by atoms with van der Waals surface area (Å²) in [5.41, 5.74) is 0.964. The maximum absolute atomic E-state index is 11.8. The first-order valence-electron chi connectivity index (χ1n) is 5.78. The van der Waals surface area contributed by atoms with E-state index in [1.54, 1.807) is 6.08 Å². The molecule has 0 aliphatic carbocycles. The monoisotopic (exact) mass is 258 g/mol. The lowest BCUT2D eigenvalue weighted by Crippen LogP contribution is -1.91. The first-order valence-corrected chi connectivity index (χ1v) is 6.66. The van der Waals surface area contributed by atoms with Gasteiger partial charge in [-0.2, -0.15) is 0 Å². The quantitative estimate of drug-likeness (QED) is 0.597. The van der Waals surface area contributed by atoms with Gasteiger partial charge in [0, 0.05) is 0 Å². The van der Waals surface area contributed by atoms with E-state index < -0.39 is 0 Å². The van der Waals surface area contributed by atoms with Crippen molar-refractivity contribution >= 4 is 23.2 Å². The number of rotatable bonds is 5. The van der Waals surface area contributed by atoms with Crippen molar-refractivity contribution in [2.45, 2.75) is 6.92 Å². The van der Waals surface area contributed by atoms with E-state index in [1.165, 1.54) is 11.3 Å². The molecule has 0 aliphatic rings. The van der Waals surface area contributed by atoms with Crippen molar-refractivity contribution in [3.8, 4) is 5.75 Å². The molecule has 18 heavy (non-hydrogen) atoms. The van der Waals surface area contributed by atoms with Crippen molar-refractivity contribution in [2.24, 2.45) is 0 Å². The second-order valence-electron chi connectivity index (χ2n) is 3.68. The molecule has 2 nitrogen and oxygen atoms in total. The van der Waals surface area contributed by atoms with Crippen LogP contribution in [0.15, 0.2) is 47.9 Å². The highest BCUT2D eigenvalue weighted by Gasteiger charge is 2.01. The molecule has 0 bridgehead atoms. The molecule has 1 heterocycles. The summed E-state index contributed by atoms with van der Waals surface area (Å²) >= 11 is 1.45. The third kappa shape index (κ3) is 3.31. The van der Waals surface area contributed by atoms with E-state index in [0.717, 1.165) is 16.2 Å². The summed E-state index contributed by atoms with van der Waals surface area (Å²) in [6.07, 6.45) is 3.40. The Balaban J connectivity index is 2.09. The predicted molar refractivity (Wildman–Crippen MR) is 75.3 cm³/mol. The van der Waals surface area contributed by atoms with Gasteiger partial charge in [0.05, 0.1) is 11.5 Å². The van der Waals surface area contributed by atoms with E-state index in [4.69, 9.17) is 4.74 Å². The zero-order valence-corrected chi connectivity index (χ0v) is 10.9. The van der Waals surface area contributed by atoms with Gasteiger partial charge in [0.1, 0.15) is 5.75 Å². The van der Waals surface area contributed by atoms with Crippen LogP contribution < -0.4 is 4.74 Å². The first-order chi connectivity index (χ1) is 8.79. The Morgan fingerprint density at radius 1 is 1.33 bits per heavy atom. The van der Waals surface area contributed by atoms with Gasteiger partial charge >= 0.3 is 0 Å². The largest absolute Gasteiger partial charge is 0.494 e. The Hall–Kier alpha value is -1.87. The second-order valence-corrected chi connectivity index (χ2v) is 4.63. The Morgan fingerprint density at radius 3 is 2.94 bits per heavy atom. The standard InChI is InChI=1S/C15H14O2S/c1-2-17-13-6-3-5-12(11-13)8-9-14(16)15-7-4-10-18-15/h3-11H,2H2,1H3/b9-8+. The van der Waals surface area contributed by atoms with Crippen molar-refractivity contribution in [3.05, 3.63) is 58.3 Å². The summed E-state index contributed by atoms with van der Waals surface area (Å²) in [6.45, 7) is 2.59. The molecular formula is C15H14O2S. The van der Waals surface area contributed by atoms with Crippen LogP contribution in [0.2, 0.25) is 0 Å². The molecule has 1 aromatic carbocycles. The number of carbonyl (C=O) groups excluding carboxylic acids is 1. The molecule has 0 saturated heterocycles. The van der Waals surface area contributed by atoms with Gasteiger partial charge in [0.2, 0.25) is 0 Å². The van der Waals surface area contributed by atoms with Crippen molar-refractivity contribution < 1.29 is 9.53 Å². The minimum absolute atomic E-state index is 0.0341. The predicted octanol–water partition coefficient (Wildman–Crippen LogP) is 4.04. The summed E-state index contributed by atoms with van der Waals surface area (Å²) in [4.78, 5) is 12.5. The van der Waals surface area contributed by atoms with Crippen molar-refractivity contribution in [3.63, 3.8) is 0 Å². The van der Waals surface area contributed by atoms with Crippen molar-refractivity contribution in [1.82, 2.24) is 0 Å². The number of benzene rings is 1. The van der Waals surface area contributed by atoms with Gasteiger partial charge in [-0.05, 0) is 42.1 Å². The molecule has 2 rings (SSSR count). The topological polar surface area (TPSA) is 26.3 Å². The fourth-order valence-electron chi connectivity index (χ4n) is 1.55. The number of ketones is 1. The van der Waals surface area contributed by atoms with E-state index in [-0.39, 0.29) is 5.78 Å². The third-order valence-corrected chi connectivity index (χ3v) is 3.24. The lowest BCUT2D eigenvalue weighted by molar-refractivity contribution is 0.105. The molecular weight excluding hydrogens is 244 g/mol. The molecule has 2 aromatic rings. The third-order valence-electron chi connectivity index (χ3n) is 2.36. The summed E-state index contributed by atoms with van der Waals surface area (Å²) < 4.78 is 5.41. The summed E-state index contributed by atoms with van der Waals surface area (Å²) in [6, 6.07) is 11.4. The molecule has 1 aromatic heterocycles. The number of thiophene rings is 1. The molecule has 92 valence electrons. The van der Waals surface area contributed by atoms with Crippen molar-refractivity contribution in [2.75, 3.05) is 6.61 Å². The highest BCUT2D eigenvalue weighted by atomic mass is 32.1. The van der Waals surface area contributed by atoms with E-state index in [0.29, 0.717) is 6.61 Å². The number of allylic oxidation sites excluding steroid dienone is 1. The second kappa shape index (κ2) is 6.17. The number of hydrogen-bond donors (Lipinski definition) is 0. The van der Waals surface area contributed by atoms with Crippen LogP contribution in [0.5, 0.6) is 5.75 Å². The average Bonchev–Trinajstić information content (AvgIpc) is 2.91. The zero-order valence-electron chi connectivity index (χ0n) is 10.1. The van der Waals surface area contributed by atoms with Crippen LogP contribution in [-0.4, -0.2) is 12.4 Å². The number of ether oxygens (including phenoxy) is 1. The van der Waals surface area contributed by atoms with Crippen LogP contribution in [0.25, 0.3) is 6.08 Å². The number of hydrogen-bond acceptors (Lipinski definition) is 3. The minimum atomic E-state index is 0.0341. The van der Waals surface area contributed by atoms with Gasteiger partial charge in [-0.3, -0.25) is 4.79 Å². The van der Waals surface area contributed by atoms with Crippen LogP contribution in [0.4, 0.5) is 0 Å². The van der Waals surface area contributed by atoms with Crippen molar-refractivity contribution in [1.29, 1.82) is 0 Å². The van der Waals surface area contributed by atoms with Crippen LogP contribution >= 0.6 is 11.3 Å². The Kier molecular flexibility index (Phi) is 4.31. The molecule has 0 saturated carbocycles. The van der Waals surface area contributed by atoms with Gasteiger partial charge in [-0.1, -0.05) is 24.3 Å². The molecule has 3 heteroatoms. The molecule has 0 radical (unpaired) electrons. The van der Waals surface area contributed by atoms with Gasteiger partial charge < -0.3 is 4.74 Å². The fraction of sp³-hybridized carbons (Fsp3) is 0.133. The van der Waals surface area contributed by atoms with Crippen LogP contribution in [-0.2, 0) is 0 Å².